The Bertz CT molecular complexity index is 967. The number of furan rings is 1. The minimum Gasteiger partial charge on any atom is -0.497 e. The predicted octanol–water partition coefficient (Wildman–Crippen LogP) is 5.03. The Hall–Kier alpha value is -2.76. The molecule has 0 bridgehead atoms. The van der Waals surface area contributed by atoms with Crippen LogP contribution in [-0.4, -0.2) is 19.2 Å². The number of hydrogen-bond donors (Lipinski definition) is 1. The monoisotopic (exact) mass is 388 g/mol. The first-order valence-electron chi connectivity index (χ1n) is 7.60. The van der Waals surface area contributed by atoms with E-state index >= 15 is 0 Å². The molecule has 0 saturated carbocycles. The third-order valence-corrected chi connectivity index (χ3v) is 4.35. The van der Waals surface area contributed by atoms with Gasteiger partial charge in [0, 0.05) is 11.1 Å². The summed E-state index contributed by atoms with van der Waals surface area (Å²) in [5.74, 6) is 1.25. The number of carbonyl (C=O) groups is 1. The molecule has 132 valence electrons. The zero-order chi connectivity index (χ0) is 18.5. The van der Waals surface area contributed by atoms with Gasteiger partial charge in [0.1, 0.15) is 17.3 Å². The van der Waals surface area contributed by atoms with Gasteiger partial charge in [0.25, 0.3) is 5.91 Å². The van der Waals surface area contributed by atoms with Gasteiger partial charge in [0.05, 0.1) is 23.4 Å². The van der Waals surface area contributed by atoms with E-state index in [0.717, 1.165) is 0 Å². The van der Waals surface area contributed by atoms with Gasteiger partial charge in [0.2, 0.25) is 0 Å². The molecule has 1 aromatic heterocycles. The van der Waals surface area contributed by atoms with Crippen molar-refractivity contribution >= 4 is 35.3 Å². The summed E-state index contributed by atoms with van der Waals surface area (Å²) in [5, 5.41) is 4.76. The van der Waals surface area contributed by atoms with Crippen molar-refractivity contribution in [2.75, 3.05) is 7.11 Å². The first kappa shape index (κ1) is 18.0. The average molecular weight is 389 g/mol. The Labute approximate surface area is 160 Å². The maximum Gasteiger partial charge on any atom is 0.271 e. The number of nitrogens with zero attached hydrogens (tertiary/aromatic N) is 1. The molecular weight excluding hydrogens is 375 g/mol. The molecule has 0 aliphatic rings. The van der Waals surface area contributed by atoms with E-state index in [9.17, 15) is 4.79 Å². The van der Waals surface area contributed by atoms with Crippen LogP contribution in [0.15, 0.2) is 64.1 Å². The lowest BCUT2D eigenvalue weighted by atomic mass is 10.2. The van der Waals surface area contributed by atoms with E-state index in [2.05, 4.69) is 10.5 Å². The molecule has 1 N–H and O–H groups in total. The fraction of sp³-hybridized carbons (Fsp3) is 0.0526. The standard InChI is InChI=1S/C19H14Cl2N2O3/c1-25-13-5-2-4-12(10-13)19(24)23-22-11-14-8-9-17(26-14)15-6-3-7-16(20)18(15)21/h2-11H,1H3,(H,23,24). The van der Waals surface area contributed by atoms with Crippen LogP contribution < -0.4 is 10.2 Å². The highest BCUT2D eigenvalue weighted by atomic mass is 35.5. The number of methoxy groups -OCH3 is 1. The van der Waals surface area contributed by atoms with Gasteiger partial charge in [-0.15, -0.1) is 0 Å². The zero-order valence-corrected chi connectivity index (χ0v) is 15.2. The second-order valence-electron chi connectivity index (χ2n) is 5.23. The lowest BCUT2D eigenvalue weighted by Gasteiger charge is -2.03. The van der Waals surface area contributed by atoms with Gasteiger partial charge in [-0.25, -0.2) is 5.43 Å². The van der Waals surface area contributed by atoms with Gasteiger partial charge in [-0.1, -0.05) is 35.3 Å². The largest absolute Gasteiger partial charge is 0.497 e. The van der Waals surface area contributed by atoms with Crippen LogP contribution in [0.2, 0.25) is 10.0 Å². The topological polar surface area (TPSA) is 63.8 Å². The molecule has 0 aliphatic carbocycles. The summed E-state index contributed by atoms with van der Waals surface area (Å²) in [7, 11) is 1.54. The molecule has 5 nitrogen and oxygen atoms in total. The number of rotatable bonds is 5. The molecule has 0 radical (unpaired) electrons. The van der Waals surface area contributed by atoms with Gasteiger partial charge >= 0.3 is 0 Å². The number of hydrazone groups is 1. The third-order valence-electron chi connectivity index (χ3n) is 3.53. The van der Waals surface area contributed by atoms with Crippen LogP contribution in [0.25, 0.3) is 11.3 Å². The molecular formula is C19H14Cl2N2O3. The maximum atomic E-state index is 12.1. The molecule has 0 spiro atoms. The van der Waals surface area contributed by atoms with E-state index in [-0.39, 0.29) is 5.91 Å². The highest BCUT2D eigenvalue weighted by molar-refractivity contribution is 6.43. The molecule has 26 heavy (non-hydrogen) atoms. The molecule has 0 fully saturated rings. The fourth-order valence-electron chi connectivity index (χ4n) is 2.24. The maximum absolute atomic E-state index is 12.1. The van der Waals surface area contributed by atoms with Crippen molar-refractivity contribution in [2.45, 2.75) is 0 Å². The van der Waals surface area contributed by atoms with E-state index in [1.54, 1.807) is 54.6 Å². The first-order valence-corrected chi connectivity index (χ1v) is 8.36. The molecule has 1 heterocycles. The second kappa shape index (κ2) is 8.08. The van der Waals surface area contributed by atoms with Crippen LogP contribution in [0, 0.1) is 0 Å². The van der Waals surface area contributed by atoms with E-state index < -0.39 is 0 Å². The Morgan fingerprint density at radius 2 is 1.96 bits per heavy atom. The third kappa shape index (κ3) is 4.07. The van der Waals surface area contributed by atoms with Gasteiger partial charge in [-0.05, 0) is 42.5 Å². The number of amides is 1. The number of nitrogens with one attached hydrogen (secondary N) is 1. The average Bonchev–Trinajstić information content (AvgIpc) is 3.12. The summed E-state index contributed by atoms with van der Waals surface area (Å²) >= 11 is 12.2. The quantitative estimate of drug-likeness (QED) is 0.492. The Kier molecular flexibility index (Phi) is 5.61. The van der Waals surface area contributed by atoms with Crippen molar-refractivity contribution in [3.05, 3.63) is 76.0 Å². The number of halogens is 2. The van der Waals surface area contributed by atoms with Crippen LogP contribution in [0.4, 0.5) is 0 Å². The van der Waals surface area contributed by atoms with Crippen molar-refractivity contribution in [3.8, 4) is 17.1 Å². The minimum absolute atomic E-state index is 0.357. The highest BCUT2D eigenvalue weighted by Crippen LogP contribution is 2.34. The molecule has 0 aliphatic heterocycles. The molecule has 0 unspecified atom stereocenters. The van der Waals surface area contributed by atoms with Crippen LogP contribution in [0.3, 0.4) is 0 Å². The number of ether oxygens (including phenoxy) is 1. The van der Waals surface area contributed by atoms with Crippen LogP contribution in [-0.2, 0) is 0 Å². The van der Waals surface area contributed by atoms with Crippen LogP contribution >= 0.6 is 23.2 Å². The SMILES string of the molecule is COc1cccc(C(=O)NN=Cc2ccc(-c3cccc(Cl)c3Cl)o2)c1. The molecule has 7 heteroatoms. The van der Waals surface area contributed by atoms with Crippen molar-refractivity contribution in [1.29, 1.82) is 0 Å². The normalized spacial score (nSPS) is 10.9. The Morgan fingerprint density at radius 1 is 1.15 bits per heavy atom. The molecule has 3 rings (SSSR count). The summed E-state index contributed by atoms with van der Waals surface area (Å²) in [5.41, 5.74) is 3.55. The van der Waals surface area contributed by atoms with Gasteiger partial charge in [0.15, 0.2) is 0 Å². The zero-order valence-electron chi connectivity index (χ0n) is 13.7. The van der Waals surface area contributed by atoms with E-state index in [1.807, 2.05) is 0 Å². The Morgan fingerprint density at radius 3 is 2.77 bits per heavy atom. The lowest BCUT2D eigenvalue weighted by molar-refractivity contribution is 0.0955. The predicted molar refractivity (Wildman–Crippen MR) is 102 cm³/mol. The van der Waals surface area contributed by atoms with E-state index in [4.69, 9.17) is 32.4 Å². The second-order valence-corrected chi connectivity index (χ2v) is 6.02. The lowest BCUT2D eigenvalue weighted by Crippen LogP contribution is -2.17. The summed E-state index contributed by atoms with van der Waals surface area (Å²) in [6.07, 6.45) is 1.40. The molecule has 1 amide bonds. The number of carbonyl (C=O) groups excluding carboxylic acids is 1. The van der Waals surface area contributed by atoms with Crippen molar-refractivity contribution in [1.82, 2.24) is 5.43 Å². The van der Waals surface area contributed by atoms with Gasteiger partial charge in [-0.2, -0.15) is 5.10 Å². The van der Waals surface area contributed by atoms with Crippen molar-refractivity contribution < 1.29 is 13.9 Å². The minimum atomic E-state index is -0.357. The summed E-state index contributed by atoms with van der Waals surface area (Å²) in [6.45, 7) is 0. The summed E-state index contributed by atoms with van der Waals surface area (Å²) in [6, 6.07) is 15.5. The molecule has 0 saturated heterocycles. The molecule has 2 aromatic carbocycles. The first-order chi connectivity index (χ1) is 12.6. The number of hydrogen-bond acceptors (Lipinski definition) is 4. The highest BCUT2D eigenvalue weighted by Gasteiger charge is 2.10. The van der Waals surface area contributed by atoms with Crippen LogP contribution in [0.1, 0.15) is 16.1 Å². The van der Waals surface area contributed by atoms with Crippen molar-refractivity contribution in [3.63, 3.8) is 0 Å². The summed E-state index contributed by atoms with van der Waals surface area (Å²) in [4.78, 5) is 12.1. The molecule has 0 atom stereocenters. The summed E-state index contributed by atoms with van der Waals surface area (Å²) < 4.78 is 10.8. The fourth-order valence-corrected chi connectivity index (χ4v) is 2.64. The molecule has 3 aromatic rings. The van der Waals surface area contributed by atoms with Gasteiger partial charge < -0.3 is 9.15 Å². The van der Waals surface area contributed by atoms with E-state index in [1.165, 1.54) is 13.3 Å². The van der Waals surface area contributed by atoms with Crippen LogP contribution in [0.5, 0.6) is 5.75 Å². The van der Waals surface area contributed by atoms with E-state index in [0.29, 0.717) is 38.4 Å². The Balaban J connectivity index is 1.69. The van der Waals surface area contributed by atoms with Crippen molar-refractivity contribution in [2.24, 2.45) is 5.10 Å². The van der Waals surface area contributed by atoms with Gasteiger partial charge in [-0.3, -0.25) is 4.79 Å². The number of benzene rings is 2. The smallest absolute Gasteiger partial charge is 0.271 e.